The molecule has 1 aliphatic rings. The van der Waals surface area contributed by atoms with Crippen molar-refractivity contribution in [2.75, 3.05) is 5.43 Å². The summed E-state index contributed by atoms with van der Waals surface area (Å²) < 4.78 is 81.5. The van der Waals surface area contributed by atoms with Crippen LogP contribution in [0.3, 0.4) is 0 Å². The molecule has 2 aromatic rings. The quantitative estimate of drug-likeness (QED) is 0.551. The number of amides is 1. The molecule has 1 fully saturated rings. The van der Waals surface area contributed by atoms with Crippen molar-refractivity contribution in [3.05, 3.63) is 30.5 Å². The number of aromatic nitrogens is 3. The van der Waals surface area contributed by atoms with Crippen molar-refractivity contribution < 1.29 is 35.9 Å². The van der Waals surface area contributed by atoms with Crippen molar-refractivity contribution in [1.29, 1.82) is 0 Å². The van der Waals surface area contributed by atoms with Crippen molar-refractivity contribution in [3.63, 3.8) is 0 Å². The Morgan fingerprint density at radius 1 is 1.24 bits per heavy atom. The van der Waals surface area contributed by atoms with Gasteiger partial charge in [0.2, 0.25) is 5.91 Å². The number of carbonyl (C=O) groups is 1. The lowest BCUT2D eigenvalue weighted by atomic mass is 10.2. The fourth-order valence-corrected chi connectivity index (χ4v) is 2.14. The maximum absolute atomic E-state index is 14.0. The summed E-state index contributed by atoms with van der Waals surface area (Å²) in [5.41, 5.74) is 4.62. The number of hydrazine groups is 1. The van der Waals surface area contributed by atoms with Crippen LogP contribution in [0.2, 0.25) is 0 Å². The second-order valence-corrected chi connectivity index (χ2v) is 6.23. The van der Waals surface area contributed by atoms with E-state index in [-0.39, 0.29) is 17.1 Å². The molecule has 0 saturated heterocycles. The molecule has 13 heteroatoms. The number of anilines is 1. The molecule has 2 N–H and O–H groups in total. The molecule has 1 aliphatic carbocycles. The number of halogens is 6. The largest absolute Gasteiger partial charge is 0.463 e. The fraction of sp³-hybridized carbons (Fsp3) is 0.375. The maximum Gasteiger partial charge on any atom is 0.425 e. The van der Waals surface area contributed by atoms with Gasteiger partial charge in [-0.3, -0.25) is 20.6 Å². The third-order valence-corrected chi connectivity index (χ3v) is 3.96. The van der Waals surface area contributed by atoms with E-state index in [1.807, 2.05) is 0 Å². The monoisotopic (exact) mass is 421 g/mol. The highest BCUT2D eigenvalue weighted by molar-refractivity contribution is 5.83. The first-order valence-electron chi connectivity index (χ1n) is 8.12. The van der Waals surface area contributed by atoms with Crippen LogP contribution >= 0.6 is 0 Å². The smallest absolute Gasteiger partial charge is 0.425 e. The van der Waals surface area contributed by atoms with Crippen LogP contribution in [0.5, 0.6) is 5.88 Å². The molecule has 0 spiro atoms. The van der Waals surface area contributed by atoms with Gasteiger partial charge in [0.25, 0.3) is 11.8 Å². The summed E-state index contributed by atoms with van der Waals surface area (Å²) >= 11 is 0. The number of nitrogens with zero attached hydrogens (tertiary/aromatic N) is 3. The Morgan fingerprint density at radius 3 is 2.45 bits per heavy atom. The van der Waals surface area contributed by atoms with Crippen molar-refractivity contribution in [2.45, 2.75) is 31.5 Å². The summed E-state index contributed by atoms with van der Waals surface area (Å²) in [5.74, 6) is -7.21. The van der Waals surface area contributed by atoms with Crippen molar-refractivity contribution in [1.82, 2.24) is 20.4 Å². The summed E-state index contributed by atoms with van der Waals surface area (Å²) in [4.78, 5) is 22.8. The molecule has 1 saturated carbocycles. The van der Waals surface area contributed by atoms with Gasteiger partial charge in [-0.2, -0.15) is 13.2 Å². The van der Waals surface area contributed by atoms with E-state index in [1.54, 1.807) is 0 Å². The second-order valence-electron chi connectivity index (χ2n) is 6.23. The van der Waals surface area contributed by atoms with Gasteiger partial charge in [-0.15, -0.1) is 0 Å². The fourth-order valence-electron chi connectivity index (χ4n) is 2.14. The number of pyridine rings is 1. The van der Waals surface area contributed by atoms with Crippen molar-refractivity contribution in [3.8, 4) is 17.1 Å². The van der Waals surface area contributed by atoms with E-state index in [2.05, 4.69) is 30.5 Å². The van der Waals surface area contributed by atoms with Gasteiger partial charge >= 0.3 is 6.18 Å². The van der Waals surface area contributed by atoms with Gasteiger partial charge in [0.15, 0.2) is 17.7 Å². The van der Waals surface area contributed by atoms with Crippen LogP contribution in [-0.2, 0) is 4.79 Å². The van der Waals surface area contributed by atoms with Crippen molar-refractivity contribution >= 4 is 11.7 Å². The van der Waals surface area contributed by atoms with Crippen LogP contribution in [0.4, 0.5) is 32.2 Å². The highest BCUT2D eigenvalue weighted by atomic mass is 19.4. The Hall–Kier alpha value is -3.12. The molecular formula is C16H13F6N5O2. The number of alkyl halides is 5. The Balaban J connectivity index is 1.62. The lowest BCUT2D eigenvalue weighted by Crippen LogP contribution is -2.32. The van der Waals surface area contributed by atoms with Gasteiger partial charge in [-0.25, -0.2) is 23.1 Å². The summed E-state index contributed by atoms with van der Waals surface area (Å²) in [6.45, 7) is 0.718. The normalized spacial score (nSPS) is 18.7. The van der Waals surface area contributed by atoms with E-state index in [1.165, 1.54) is 0 Å². The number of hydrogen-bond donors (Lipinski definition) is 2. The van der Waals surface area contributed by atoms with E-state index >= 15 is 0 Å². The molecule has 7 nitrogen and oxygen atoms in total. The molecule has 1 unspecified atom stereocenters. The Bertz CT molecular complexity index is 906. The summed E-state index contributed by atoms with van der Waals surface area (Å²) in [5, 5.41) is 0. The topological polar surface area (TPSA) is 89.0 Å². The minimum absolute atomic E-state index is 0.0263. The van der Waals surface area contributed by atoms with Gasteiger partial charge in [0, 0.05) is 18.2 Å². The number of carbonyl (C=O) groups excluding carboxylic acids is 1. The molecule has 29 heavy (non-hydrogen) atoms. The van der Waals surface area contributed by atoms with Crippen LogP contribution in [0.1, 0.15) is 13.3 Å². The molecule has 2 aromatic heterocycles. The van der Waals surface area contributed by atoms with Crippen LogP contribution in [-0.4, -0.2) is 39.1 Å². The van der Waals surface area contributed by atoms with Gasteiger partial charge in [-0.1, -0.05) is 0 Å². The van der Waals surface area contributed by atoms with E-state index in [0.717, 1.165) is 31.6 Å². The zero-order chi connectivity index (χ0) is 21.4. The van der Waals surface area contributed by atoms with E-state index in [4.69, 9.17) is 0 Å². The Labute approximate surface area is 159 Å². The zero-order valence-corrected chi connectivity index (χ0v) is 14.6. The van der Waals surface area contributed by atoms with Crippen LogP contribution in [0, 0.1) is 11.7 Å². The lowest BCUT2D eigenvalue weighted by Gasteiger charge is -2.17. The van der Waals surface area contributed by atoms with Gasteiger partial charge in [-0.05, 0) is 13.0 Å². The minimum atomic E-state index is -4.67. The highest BCUT2D eigenvalue weighted by Crippen LogP contribution is 2.48. The number of hydrogen-bond acceptors (Lipinski definition) is 6. The average Bonchev–Trinajstić information content (AvgIpc) is 3.29. The first kappa shape index (κ1) is 20.6. The first-order chi connectivity index (χ1) is 13.5. The zero-order valence-electron chi connectivity index (χ0n) is 14.6. The third kappa shape index (κ3) is 4.84. The van der Waals surface area contributed by atoms with E-state index in [0.29, 0.717) is 0 Å². The average molecular weight is 421 g/mol. The predicted molar refractivity (Wildman–Crippen MR) is 86.2 cm³/mol. The standard InChI is InChI=1S/C16H13F6N5O2/c1-7(16(20,21)22)29-14-10(17)2-8(4-25-14)11-5-24-12(6-23-11)26-27-13(28)9-3-15(9,18)19/h2,4-7,9H,3H2,1H3,(H,24,26)(H,27,28)/t7-,9?/m0/s1. The van der Waals surface area contributed by atoms with E-state index < -0.39 is 48.1 Å². The molecule has 0 aromatic carbocycles. The van der Waals surface area contributed by atoms with Crippen LogP contribution in [0.15, 0.2) is 24.7 Å². The van der Waals surface area contributed by atoms with Gasteiger partial charge in [0.05, 0.1) is 18.1 Å². The molecule has 0 bridgehead atoms. The Morgan fingerprint density at radius 2 is 1.93 bits per heavy atom. The summed E-state index contributed by atoms with van der Waals surface area (Å²) in [6.07, 6.45) is -4.09. The number of rotatable bonds is 6. The van der Waals surface area contributed by atoms with E-state index in [9.17, 15) is 31.1 Å². The molecule has 2 heterocycles. The SMILES string of the molecule is C[C@H](Oc1ncc(-c2cnc(NNC(=O)C3CC3(F)F)cn2)cc1F)C(F)(F)F. The molecule has 1 amide bonds. The van der Waals surface area contributed by atoms with Gasteiger partial charge < -0.3 is 4.74 Å². The molecule has 3 rings (SSSR count). The number of nitrogens with one attached hydrogen (secondary N) is 2. The maximum atomic E-state index is 14.0. The summed E-state index contributed by atoms with van der Waals surface area (Å²) in [7, 11) is 0. The molecule has 0 aliphatic heterocycles. The van der Waals surface area contributed by atoms with Crippen LogP contribution < -0.4 is 15.6 Å². The third-order valence-electron chi connectivity index (χ3n) is 3.96. The first-order valence-corrected chi connectivity index (χ1v) is 8.12. The predicted octanol–water partition coefficient (Wildman–Crippen LogP) is 3.11. The second kappa shape index (κ2) is 7.37. The highest BCUT2D eigenvalue weighted by Gasteiger charge is 2.61. The molecule has 156 valence electrons. The summed E-state index contributed by atoms with van der Waals surface area (Å²) in [6, 6.07) is 0.874. The number of ether oxygens (including phenoxy) is 1. The van der Waals surface area contributed by atoms with Crippen molar-refractivity contribution in [2.24, 2.45) is 5.92 Å². The van der Waals surface area contributed by atoms with Gasteiger partial charge in [0.1, 0.15) is 5.92 Å². The Kier molecular flexibility index (Phi) is 5.24. The lowest BCUT2D eigenvalue weighted by molar-refractivity contribution is -0.190. The molecule has 0 radical (unpaired) electrons. The molecular weight excluding hydrogens is 408 g/mol. The molecule has 2 atom stereocenters. The van der Waals surface area contributed by atoms with Crippen LogP contribution in [0.25, 0.3) is 11.3 Å². The minimum Gasteiger partial charge on any atom is -0.463 e.